The summed E-state index contributed by atoms with van der Waals surface area (Å²) in [6.45, 7) is 4.11. The minimum absolute atomic E-state index is 0.0858. The molecule has 0 aliphatic carbocycles. The van der Waals surface area contributed by atoms with Crippen molar-refractivity contribution in [1.82, 2.24) is 15.1 Å². The molecule has 0 bridgehead atoms. The van der Waals surface area contributed by atoms with E-state index in [0.717, 1.165) is 12.1 Å². The van der Waals surface area contributed by atoms with Crippen LogP contribution in [0.2, 0.25) is 10.0 Å². The molecule has 24 heavy (non-hydrogen) atoms. The third-order valence-electron chi connectivity index (χ3n) is 3.25. The van der Waals surface area contributed by atoms with E-state index in [2.05, 4.69) is 15.5 Å². The van der Waals surface area contributed by atoms with Crippen molar-refractivity contribution in [3.63, 3.8) is 0 Å². The fourth-order valence-electron chi connectivity index (χ4n) is 2.17. The summed E-state index contributed by atoms with van der Waals surface area (Å²) in [6, 6.07) is 6.44. The van der Waals surface area contributed by atoms with E-state index in [-0.39, 0.29) is 18.4 Å². The van der Waals surface area contributed by atoms with Gasteiger partial charge in [0.15, 0.2) is 0 Å². The van der Waals surface area contributed by atoms with Crippen molar-refractivity contribution in [3.8, 4) is 0 Å². The highest BCUT2D eigenvalue weighted by Gasteiger charge is 2.20. The van der Waals surface area contributed by atoms with Gasteiger partial charge in [0, 0.05) is 17.3 Å². The molecule has 0 fully saturated rings. The Morgan fingerprint density at radius 3 is 2.62 bits per heavy atom. The highest BCUT2D eigenvalue weighted by atomic mass is 35.5. The van der Waals surface area contributed by atoms with Crippen LogP contribution in [0.5, 0.6) is 0 Å². The van der Waals surface area contributed by atoms with Crippen LogP contribution in [0.3, 0.4) is 0 Å². The first kappa shape index (κ1) is 18.3. The van der Waals surface area contributed by atoms with Crippen molar-refractivity contribution in [3.05, 3.63) is 45.7 Å². The average molecular weight is 369 g/mol. The second-order valence-electron chi connectivity index (χ2n) is 5.34. The van der Waals surface area contributed by atoms with Crippen LogP contribution in [0, 0.1) is 6.92 Å². The molecule has 0 aliphatic rings. The number of halogens is 2. The molecular formula is C16H18Cl2N4O2. The molecule has 0 aliphatic heterocycles. The zero-order valence-corrected chi connectivity index (χ0v) is 14.9. The normalized spacial score (nSPS) is 10.5. The van der Waals surface area contributed by atoms with Gasteiger partial charge < -0.3 is 10.2 Å². The molecule has 0 spiro atoms. The summed E-state index contributed by atoms with van der Waals surface area (Å²) in [5, 5.41) is 10.2. The van der Waals surface area contributed by atoms with E-state index in [1.54, 1.807) is 24.3 Å². The predicted molar refractivity (Wildman–Crippen MR) is 94.6 cm³/mol. The van der Waals surface area contributed by atoms with Gasteiger partial charge in [-0.1, -0.05) is 30.1 Å². The number of amides is 2. The molecule has 2 aromatic rings. The lowest BCUT2D eigenvalue weighted by Crippen LogP contribution is -2.38. The van der Waals surface area contributed by atoms with Crippen molar-refractivity contribution >= 4 is 40.7 Å². The fourth-order valence-corrected chi connectivity index (χ4v) is 2.62. The monoisotopic (exact) mass is 368 g/mol. The number of benzene rings is 1. The van der Waals surface area contributed by atoms with Crippen LogP contribution in [0.1, 0.15) is 29.5 Å². The first-order chi connectivity index (χ1) is 11.4. The van der Waals surface area contributed by atoms with E-state index in [9.17, 15) is 9.59 Å². The van der Waals surface area contributed by atoms with Gasteiger partial charge in [-0.05, 0) is 37.6 Å². The number of carbonyl (C=O) groups excluding carboxylic acids is 2. The Balaban J connectivity index is 2.06. The number of H-pyrrole nitrogens is 1. The predicted octanol–water partition coefficient (Wildman–Crippen LogP) is 3.52. The van der Waals surface area contributed by atoms with Gasteiger partial charge in [-0.15, -0.1) is 0 Å². The van der Waals surface area contributed by atoms with Crippen molar-refractivity contribution in [2.45, 2.75) is 20.3 Å². The smallest absolute Gasteiger partial charge is 0.274 e. The van der Waals surface area contributed by atoms with Crippen molar-refractivity contribution in [2.24, 2.45) is 0 Å². The van der Waals surface area contributed by atoms with Gasteiger partial charge in [0.25, 0.3) is 5.91 Å². The highest BCUT2D eigenvalue weighted by Crippen LogP contribution is 2.25. The topological polar surface area (TPSA) is 78.1 Å². The number of carbonyl (C=O) groups is 2. The van der Waals surface area contributed by atoms with E-state index >= 15 is 0 Å². The molecule has 2 rings (SSSR count). The number of nitrogens with one attached hydrogen (secondary N) is 2. The van der Waals surface area contributed by atoms with Crippen molar-refractivity contribution < 1.29 is 9.59 Å². The third kappa shape index (κ3) is 4.72. The molecule has 0 saturated carbocycles. The maximum absolute atomic E-state index is 12.5. The number of aromatic nitrogens is 2. The number of rotatable bonds is 6. The first-order valence-corrected chi connectivity index (χ1v) is 8.22. The molecule has 1 aromatic heterocycles. The van der Waals surface area contributed by atoms with Gasteiger partial charge in [0.05, 0.1) is 10.7 Å². The second-order valence-corrected chi connectivity index (χ2v) is 6.18. The molecule has 6 nitrogen and oxygen atoms in total. The fraction of sp³-hybridized carbons (Fsp3) is 0.312. The Hall–Kier alpha value is -2.05. The minimum Gasteiger partial charge on any atom is -0.328 e. The molecule has 2 N–H and O–H groups in total. The standard InChI is InChI=1S/C16H18Cl2N4O2/c1-3-6-22(16(24)14-7-10(2)20-21-14)9-15(23)19-13-5-4-11(17)8-12(13)18/h4-5,7-8H,3,6,9H2,1-2H3,(H,19,23)(H,20,21). The van der Waals surface area contributed by atoms with E-state index < -0.39 is 0 Å². The average Bonchev–Trinajstić information content (AvgIpc) is 2.95. The Labute approximate surface area is 150 Å². The van der Waals surface area contributed by atoms with Crippen LogP contribution in [0.15, 0.2) is 24.3 Å². The summed E-state index contributed by atoms with van der Waals surface area (Å²) in [7, 11) is 0. The summed E-state index contributed by atoms with van der Waals surface area (Å²) in [4.78, 5) is 26.2. The highest BCUT2D eigenvalue weighted by molar-refractivity contribution is 6.36. The largest absolute Gasteiger partial charge is 0.328 e. The maximum Gasteiger partial charge on any atom is 0.274 e. The summed E-state index contributed by atoms with van der Waals surface area (Å²) in [5.41, 5.74) is 1.52. The number of hydrogen-bond donors (Lipinski definition) is 2. The van der Waals surface area contributed by atoms with E-state index in [1.807, 2.05) is 13.8 Å². The van der Waals surface area contributed by atoms with Gasteiger partial charge in [-0.25, -0.2) is 0 Å². The lowest BCUT2D eigenvalue weighted by Gasteiger charge is -2.20. The minimum atomic E-state index is -0.340. The Kier molecular flexibility index (Phi) is 6.23. The first-order valence-electron chi connectivity index (χ1n) is 7.47. The van der Waals surface area contributed by atoms with Gasteiger partial charge in [0.1, 0.15) is 12.2 Å². The number of aromatic amines is 1. The van der Waals surface area contributed by atoms with Crippen LogP contribution in [0.4, 0.5) is 5.69 Å². The molecule has 2 amide bonds. The van der Waals surface area contributed by atoms with E-state index in [0.29, 0.717) is 28.0 Å². The number of anilines is 1. The van der Waals surface area contributed by atoms with Gasteiger partial charge in [-0.3, -0.25) is 14.7 Å². The summed E-state index contributed by atoms with van der Waals surface area (Å²) >= 11 is 11.9. The molecular weight excluding hydrogens is 351 g/mol. The zero-order chi connectivity index (χ0) is 17.7. The van der Waals surface area contributed by atoms with Crippen LogP contribution in [-0.4, -0.2) is 40.0 Å². The quantitative estimate of drug-likeness (QED) is 0.818. The SMILES string of the molecule is CCCN(CC(=O)Nc1ccc(Cl)cc1Cl)C(=O)c1cc(C)[nH]n1. The van der Waals surface area contributed by atoms with Crippen LogP contribution >= 0.6 is 23.2 Å². The summed E-state index contributed by atoms with van der Waals surface area (Å²) in [6.07, 6.45) is 0.726. The molecule has 8 heteroatoms. The van der Waals surface area contributed by atoms with E-state index in [4.69, 9.17) is 23.2 Å². The molecule has 0 saturated heterocycles. The Morgan fingerprint density at radius 1 is 1.29 bits per heavy atom. The molecule has 0 unspecified atom stereocenters. The van der Waals surface area contributed by atoms with Crippen LogP contribution < -0.4 is 5.32 Å². The molecule has 1 heterocycles. The van der Waals surface area contributed by atoms with Crippen LogP contribution in [0.25, 0.3) is 0 Å². The molecule has 128 valence electrons. The number of hydrogen-bond acceptors (Lipinski definition) is 3. The lowest BCUT2D eigenvalue weighted by molar-refractivity contribution is -0.116. The number of nitrogens with zero attached hydrogens (tertiary/aromatic N) is 2. The van der Waals surface area contributed by atoms with Crippen molar-refractivity contribution in [2.75, 3.05) is 18.4 Å². The molecule has 0 atom stereocenters. The van der Waals surface area contributed by atoms with E-state index in [1.165, 1.54) is 4.90 Å². The zero-order valence-electron chi connectivity index (χ0n) is 13.4. The summed E-state index contributed by atoms with van der Waals surface area (Å²) < 4.78 is 0. The van der Waals surface area contributed by atoms with Crippen LogP contribution in [-0.2, 0) is 4.79 Å². The molecule has 1 aromatic carbocycles. The van der Waals surface area contributed by atoms with Gasteiger partial charge in [0.2, 0.25) is 5.91 Å². The lowest BCUT2D eigenvalue weighted by atomic mass is 10.3. The van der Waals surface area contributed by atoms with Gasteiger partial charge >= 0.3 is 0 Å². The van der Waals surface area contributed by atoms with Crippen molar-refractivity contribution in [1.29, 1.82) is 0 Å². The maximum atomic E-state index is 12.5. The Morgan fingerprint density at radius 2 is 2.04 bits per heavy atom. The Bertz CT molecular complexity index is 745. The summed E-state index contributed by atoms with van der Waals surface area (Å²) in [5.74, 6) is -0.633. The second kappa shape index (κ2) is 8.17. The molecule has 0 radical (unpaired) electrons. The van der Waals surface area contributed by atoms with Gasteiger partial charge in [-0.2, -0.15) is 5.10 Å². The number of aryl methyl sites for hydroxylation is 1. The third-order valence-corrected chi connectivity index (χ3v) is 3.79.